The van der Waals surface area contributed by atoms with Crippen molar-refractivity contribution in [1.82, 2.24) is 0 Å². The summed E-state index contributed by atoms with van der Waals surface area (Å²) in [6, 6.07) is 1.66. The normalized spacial score (nSPS) is 8.31. The van der Waals surface area contributed by atoms with E-state index in [0.717, 1.165) is 0 Å². The molecule has 0 aromatic heterocycles. The number of rotatable bonds is 2. The van der Waals surface area contributed by atoms with Gasteiger partial charge in [0.15, 0.2) is 5.57 Å². The summed E-state index contributed by atoms with van der Waals surface area (Å²) in [7, 11) is 0. The van der Waals surface area contributed by atoms with Crippen molar-refractivity contribution in [2.45, 2.75) is 20.0 Å². The Morgan fingerprint density at radius 1 is 1.54 bits per heavy atom. The number of thiol groups is 2. The summed E-state index contributed by atoms with van der Waals surface area (Å²) in [5.41, 5.74) is -0.171. The summed E-state index contributed by atoms with van der Waals surface area (Å²) < 4.78 is 4.82. The van der Waals surface area contributed by atoms with Crippen LogP contribution in [0.2, 0.25) is 0 Å². The molecule has 0 spiro atoms. The van der Waals surface area contributed by atoms with Crippen molar-refractivity contribution < 1.29 is 62.3 Å². The van der Waals surface area contributed by atoms with Crippen molar-refractivity contribution >= 4 is 31.2 Å². The zero-order valence-corrected chi connectivity index (χ0v) is 12.6. The smallest absolute Gasteiger partial charge is 1.00 e. The van der Waals surface area contributed by atoms with Gasteiger partial charge in [-0.05, 0) is 13.8 Å². The van der Waals surface area contributed by atoms with Gasteiger partial charge in [0, 0.05) is 0 Å². The fourth-order valence-corrected chi connectivity index (χ4v) is 0.743. The maximum atomic E-state index is 11.0. The first kappa shape index (κ1) is 16.5. The Labute approximate surface area is 133 Å². The number of nitriles is 1. The van der Waals surface area contributed by atoms with Gasteiger partial charge in [-0.1, -0.05) is 0 Å². The number of hydrogen-bond acceptors (Lipinski definition) is 5. The van der Waals surface area contributed by atoms with Crippen LogP contribution in [0.1, 0.15) is 15.3 Å². The minimum Gasteiger partial charge on any atom is -1.00 e. The van der Waals surface area contributed by atoms with Crippen LogP contribution in [0, 0.1) is 11.3 Å². The summed E-state index contributed by atoms with van der Waals surface area (Å²) >= 11 is 7.51. The molecule has 0 bridgehead atoms. The molecule has 0 aliphatic rings. The molecule has 0 N–H and O–H groups in total. The molecule has 0 aromatic carbocycles. The van der Waals surface area contributed by atoms with Crippen LogP contribution in [0.5, 0.6) is 0 Å². The van der Waals surface area contributed by atoms with Crippen LogP contribution >= 0.6 is 25.3 Å². The molecule has 0 rings (SSSR count). The van der Waals surface area contributed by atoms with Gasteiger partial charge in [0.05, 0.1) is 10.3 Å². The Morgan fingerprint density at radius 3 is 2.23 bits per heavy atom. The molecule has 3 nitrogen and oxygen atoms in total. The molecule has 0 aliphatic carbocycles. The third-order valence-electron chi connectivity index (χ3n) is 0.882. The standard InChI is InChI=1S/C7H9NO2S2.K.H/c1-4(2)10-6(9)5(3-8)7(11)12;;/h4,11-12H,1-2H3;;/q;+1;-1. The van der Waals surface area contributed by atoms with E-state index >= 15 is 0 Å². The molecular formula is C7H10KNO2S2. The minimum absolute atomic E-state index is 0. The first-order chi connectivity index (χ1) is 5.49. The Hall–Kier alpha value is 1.04. The van der Waals surface area contributed by atoms with E-state index in [1.807, 2.05) is 0 Å². The van der Waals surface area contributed by atoms with Crippen molar-refractivity contribution in [2.24, 2.45) is 0 Å². The molecule has 0 saturated heterocycles. The Bertz CT molecular complexity index is 259. The summed E-state index contributed by atoms with van der Waals surface area (Å²) in [4.78, 5) is 11.0. The van der Waals surface area contributed by atoms with Gasteiger partial charge in [-0.2, -0.15) is 5.26 Å². The van der Waals surface area contributed by atoms with Gasteiger partial charge in [-0.15, -0.1) is 25.3 Å². The van der Waals surface area contributed by atoms with Gasteiger partial charge in [0.2, 0.25) is 0 Å². The third-order valence-corrected chi connectivity index (χ3v) is 1.33. The molecule has 6 heteroatoms. The van der Waals surface area contributed by atoms with Gasteiger partial charge in [-0.3, -0.25) is 0 Å². The fraction of sp³-hybridized carbons (Fsp3) is 0.429. The second kappa shape index (κ2) is 8.35. The van der Waals surface area contributed by atoms with Crippen molar-refractivity contribution in [3.63, 3.8) is 0 Å². The molecule has 0 aliphatic heterocycles. The van der Waals surface area contributed by atoms with E-state index in [-0.39, 0.29) is 68.7 Å². The molecule has 0 aromatic rings. The summed E-state index contributed by atoms with van der Waals surface area (Å²) in [6.45, 7) is 3.40. The summed E-state index contributed by atoms with van der Waals surface area (Å²) in [5.74, 6) is -0.688. The third kappa shape index (κ3) is 7.02. The van der Waals surface area contributed by atoms with E-state index in [1.165, 1.54) is 0 Å². The van der Waals surface area contributed by atoms with Crippen molar-refractivity contribution in [1.29, 1.82) is 5.26 Å². The SMILES string of the molecule is CC(C)OC(=O)C(C#N)=C(S)S.[H-].[K+]. The second-order valence-electron chi connectivity index (χ2n) is 2.26. The maximum Gasteiger partial charge on any atom is 1.00 e. The number of carbonyl (C=O) groups excluding carboxylic acids is 1. The molecule has 0 heterocycles. The molecule has 0 fully saturated rings. The molecule has 0 unspecified atom stereocenters. The van der Waals surface area contributed by atoms with Crippen LogP contribution in [-0.4, -0.2) is 12.1 Å². The maximum absolute atomic E-state index is 11.0. The average molecular weight is 243 g/mol. The average Bonchev–Trinajstić information content (AvgIpc) is 1.85. The monoisotopic (exact) mass is 243 g/mol. The van der Waals surface area contributed by atoms with Gasteiger partial charge >= 0.3 is 57.4 Å². The Balaban J connectivity index is -0.000000605. The van der Waals surface area contributed by atoms with E-state index < -0.39 is 5.97 Å². The number of nitrogens with zero attached hydrogens (tertiary/aromatic N) is 1. The largest absolute Gasteiger partial charge is 1.00 e. The molecule has 0 atom stereocenters. The predicted molar refractivity (Wildman–Crippen MR) is 53.0 cm³/mol. The zero-order chi connectivity index (χ0) is 9.72. The first-order valence-electron chi connectivity index (χ1n) is 3.22. The van der Waals surface area contributed by atoms with Crippen molar-refractivity contribution in [3.8, 4) is 6.07 Å². The van der Waals surface area contributed by atoms with Gasteiger partial charge in [0.1, 0.15) is 6.07 Å². The summed E-state index contributed by atoms with van der Waals surface area (Å²) in [6.07, 6.45) is -0.248. The van der Waals surface area contributed by atoms with Gasteiger partial charge in [0.25, 0.3) is 0 Å². The Kier molecular flexibility index (Phi) is 10.6. The molecule has 0 radical (unpaired) electrons. The minimum atomic E-state index is -0.688. The number of hydrogen-bond donors (Lipinski definition) is 2. The molecular weight excluding hydrogens is 233 g/mol. The van der Waals surface area contributed by atoms with E-state index in [2.05, 4.69) is 25.3 Å². The molecule has 0 amide bonds. The van der Waals surface area contributed by atoms with Crippen LogP contribution in [0.3, 0.4) is 0 Å². The predicted octanol–water partition coefficient (Wildman–Crippen LogP) is -1.35. The van der Waals surface area contributed by atoms with Crippen LogP contribution < -0.4 is 51.4 Å². The quantitative estimate of drug-likeness (QED) is 0.207. The van der Waals surface area contributed by atoms with E-state index in [0.29, 0.717) is 0 Å². The van der Waals surface area contributed by atoms with Crippen LogP contribution in [-0.2, 0) is 9.53 Å². The fourth-order valence-electron chi connectivity index (χ4n) is 0.460. The van der Waals surface area contributed by atoms with Crippen molar-refractivity contribution in [3.05, 3.63) is 9.81 Å². The van der Waals surface area contributed by atoms with E-state index in [4.69, 9.17) is 10.00 Å². The van der Waals surface area contributed by atoms with Gasteiger partial charge < -0.3 is 6.16 Å². The van der Waals surface area contributed by atoms with Crippen LogP contribution in [0.15, 0.2) is 9.81 Å². The first-order valence-corrected chi connectivity index (χ1v) is 4.11. The second-order valence-corrected chi connectivity index (χ2v) is 3.51. The number of ether oxygens (including phenoxy) is 1. The van der Waals surface area contributed by atoms with E-state index in [9.17, 15) is 4.79 Å². The van der Waals surface area contributed by atoms with Crippen LogP contribution in [0.4, 0.5) is 0 Å². The molecule has 13 heavy (non-hydrogen) atoms. The Morgan fingerprint density at radius 2 is 2.00 bits per heavy atom. The number of esters is 1. The van der Waals surface area contributed by atoms with E-state index in [1.54, 1.807) is 19.9 Å². The summed E-state index contributed by atoms with van der Waals surface area (Å²) in [5, 5.41) is 8.47. The topological polar surface area (TPSA) is 50.1 Å². The van der Waals surface area contributed by atoms with Crippen LogP contribution in [0.25, 0.3) is 0 Å². The zero-order valence-electron chi connectivity index (χ0n) is 8.74. The molecule has 68 valence electrons. The van der Waals surface area contributed by atoms with Gasteiger partial charge in [-0.25, -0.2) is 4.79 Å². The molecule has 0 saturated carbocycles. The van der Waals surface area contributed by atoms with Crippen molar-refractivity contribution in [2.75, 3.05) is 0 Å². The number of carbonyl (C=O) groups is 1.